The van der Waals surface area contributed by atoms with Crippen LogP contribution in [0.2, 0.25) is 0 Å². The number of quaternary nitrogens is 1. The molecule has 0 radical (unpaired) electrons. The number of allylic oxidation sites excluding steroid dienone is 6. The number of unbranched alkanes of at least 4 members (excludes halogenated alkanes) is 24. The van der Waals surface area contributed by atoms with E-state index >= 15 is 0 Å². The highest BCUT2D eigenvalue weighted by Gasteiger charge is 2.20. The minimum atomic E-state index is -4.52. The van der Waals surface area contributed by atoms with E-state index in [1.54, 1.807) is 0 Å². The highest BCUT2D eigenvalue weighted by Crippen LogP contribution is 2.38. The van der Waals surface area contributed by atoms with Crippen LogP contribution in [0.3, 0.4) is 0 Å². The van der Waals surface area contributed by atoms with Gasteiger partial charge in [0.15, 0.2) is 0 Å². The molecule has 0 heterocycles. The van der Waals surface area contributed by atoms with Crippen molar-refractivity contribution >= 4 is 13.8 Å². The number of esters is 1. The fourth-order valence-electron chi connectivity index (χ4n) is 6.49. The van der Waals surface area contributed by atoms with E-state index in [4.69, 9.17) is 18.5 Å². The Bertz CT molecular complexity index is 1010. The molecule has 2 atom stereocenters. The van der Waals surface area contributed by atoms with Gasteiger partial charge in [-0.25, -0.2) is 0 Å². The Balaban J connectivity index is 4.02. The molecular formula is C48H92NO7P. The Labute approximate surface area is 353 Å². The van der Waals surface area contributed by atoms with Crippen molar-refractivity contribution in [3.63, 3.8) is 0 Å². The third kappa shape index (κ3) is 45.7. The fourth-order valence-corrected chi connectivity index (χ4v) is 7.22. The van der Waals surface area contributed by atoms with Crippen molar-refractivity contribution in [1.29, 1.82) is 0 Å². The molecule has 8 nitrogen and oxygen atoms in total. The minimum absolute atomic E-state index is 0.0264. The highest BCUT2D eigenvalue weighted by atomic mass is 31.2. The molecule has 0 saturated carbocycles. The van der Waals surface area contributed by atoms with Gasteiger partial charge in [0.2, 0.25) is 0 Å². The third-order valence-electron chi connectivity index (χ3n) is 10.2. The maximum atomic E-state index is 12.6. The first kappa shape index (κ1) is 55.7. The number of nitrogens with zero attached hydrogens (tertiary/aromatic N) is 1. The minimum Gasteiger partial charge on any atom is -0.756 e. The van der Waals surface area contributed by atoms with Crippen LogP contribution in [-0.2, 0) is 27.9 Å². The normalized spacial score (nSPS) is 14.0. The van der Waals surface area contributed by atoms with Crippen molar-refractivity contribution in [2.45, 2.75) is 213 Å². The molecule has 336 valence electrons. The molecule has 0 N–H and O–H groups in total. The van der Waals surface area contributed by atoms with Crippen molar-refractivity contribution in [3.05, 3.63) is 36.5 Å². The van der Waals surface area contributed by atoms with E-state index in [-0.39, 0.29) is 25.8 Å². The number of phosphoric ester groups is 1. The zero-order valence-corrected chi connectivity index (χ0v) is 38.9. The van der Waals surface area contributed by atoms with Crippen LogP contribution in [-0.4, -0.2) is 70.7 Å². The molecule has 2 unspecified atom stereocenters. The smallest absolute Gasteiger partial charge is 0.306 e. The molecule has 0 bridgehead atoms. The molecule has 0 aromatic carbocycles. The summed E-state index contributed by atoms with van der Waals surface area (Å²) in [5.74, 6) is -0.338. The summed E-state index contributed by atoms with van der Waals surface area (Å²) in [4.78, 5) is 25.0. The van der Waals surface area contributed by atoms with Crippen LogP contribution in [0.25, 0.3) is 0 Å². The summed E-state index contributed by atoms with van der Waals surface area (Å²) in [5, 5.41) is 0. The summed E-state index contributed by atoms with van der Waals surface area (Å²) in [6.45, 7) is 5.39. The number of hydrogen-bond acceptors (Lipinski definition) is 7. The first-order valence-corrected chi connectivity index (χ1v) is 25.2. The van der Waals surface area contributed by atoms with Gasteiger partial charge in [-0.2, -0.15) is 0 Å². The summed E-state index contributed by atoms with van der Waals surface area (Å²) in [6.07, 6.45) is 48.9. The van der Waals surface area contributed by atoms with Gasteiger partial charge in [0.25, 0.3) is 7.82 Å². The van der Waals surface area contributed by atoms with Gasteiger partial charge >= 0.3 is 5.97 Å². The topological polar surface area (TPSA) is 94.1 Å². The first-order valence-electron chi connectivity index (χ1n) is 23.7. The second-order valence-electron chi connectivity index (χ2n) is 17.1. The molecule has 0 amide bonds. The van der Waals surface area contributed by atoms with Gasteiger partial charge < -0.3 is 27.9 Å². The molecular weight excluding hydrogens is 734 g/mol. The van der Waals surface area contributed by atoms with Gasteiger partial charge in [-0.3, -0.25) is 9.36 Å². The predicted molar refractivity (Wildman–Crippen MR) is 240 cm³/mol. The lowest BCUT2D eigenvalue weighted by molar-refractivity contribution is -0.870. The van der Waals surface area contributed by atoms with E-state index in [9.17, 15) is 14.3 Å². The summed E-state index contributed by atoms with van der Waals surface area (Å²) in [5.41, 5.74) is 0. The van der Waals surface area contributed by atoms with E-state index in [1.165, 1.54) is 141 Å². The molecule has 0 fully saturated rings. The van der Waals surface area contributed by atoms with Gasteiger partial charge in [-0.05, 0) is 51.4 Å². The molecule has 9 heteroatoms. The van der Waals surface area contributed by atoms with Gasteiger partial charge in [-0.1, -0.05) is 185 Å². The van der Waals surface area contributed by atoms with Gasteiger partial charge in [0, 0.05) is 13.0 Å². The lowest BCUT2D eigenvalue weighted by Gasteiger charge is -2.28. The van der Waals surface area contributed by atoms with Crippen molar-refractivity contribution in [3.8, 4) is 0 Å². The van der Waals surface area contributed by atoms with E-state index in [2.05, 4.69) is 50.3 Å². The van der Waals surface area contributed by atoms with E-state index in [0.29, 0.717) is 24.1 Å². The number of likely N-dealkylation sites (N-methyl/N-ethyl adjacent to an activating group) is 1. The quantitative estimate of drug-likeness (QED) is 0.0198. The van der Waals surface area contributed by atoms with Crippen LogP contribution < -0.4 is 4.89 Å². The van der Waals surface area contributed by atoms with Crippen LogP contribution in [0.15, 0.2) is 36.5 Å². The monoisotopic (exact) mass is 826 g/mol. The third-order valence-corrected chi connectivity index (χ3v) is 11.2. The number of hydrogen-bond donors (Lipinski definition) is 0. The zero-order chi connectivity index (χ0) is 42.0. The standard InChI is InChI=1S/C48H92NO7P/c1-6-8-10-12-14-16-17-18-19-20-21-22-23-24-25-26-27-28-29-30-31-32-34-36-38-40-43-53-45-47(46-55-57(51,52)54-44-42-49(3,4)5)56-48(50)41-39-37-35-33-15-13-11-9-7-2/h17-18,20-21,23-24,47H,6-16,19,22,25-46H2,1-5H3/b18-17-,21-20-,24-23-. The van der Waals surface area contributed by atoms with Crippen LogP contribution in [0.5, 0.6) is 0 Å². The molecule has 0 spiro atoms. The second-order valence-corrected chi connectivity index (χ2v) is 18.5. The average Bonchev–Trinajstić information content (AvgIpc) is 3.16. The summed E-state index contributed by atoms with van der Waals surface area (Å²) < 4.78 is 34.5. The van der Waals surface area contributed by atoms with E-state index in [1.807, 2.05) is 21.1 Å². The van der Waals surface area contributed by atoms with Crippen molar-refractivity contribution in [1.82, 2.24) is 0 Å². The molecule has 0 aromatic heterocycles. The van der Waals surface area contributed by atoms with Gasteiger partial charge in [0.05, 0.1) is 34.4 Å². The first-order chi connectivity index (χ1) is 27.6. The van der Waals surface area contributed by atoms with Gasteiger partial charge in [0.1, 0.15) is 19.3 Å². The van der Waals surface area contributed by atoms with Crippen LogP contribution in [0.4, 0.5) is 0 Å². The predicted octanol–water partition coefficient (Wildman–Crippen LogP) is 13.5. The fraction of sp³-hybridized carbons (Fsp3) is 0.854. The SMILES string of the molecule is CCCCCCC/C=C\C/C=C\C/C=C\CCCCCCCCCCCCCOCC(COP(=O)([O-])OCC[N+](C)(C)C)OC(=O)CCCCCCCCCCC. The average molecular weight is 826 g/mol. The molecule has 0 aliphatic heterocycles. The van der Waals surface area contributed by atoms with Crippen LogP contribution in [0.1, 0.15) is 206 Å². The Morgan fingerprint density at radius 1 is 0.544 bits per heavy atom. The summed E-state index contributed by atoms with van der Waals surface area (Å²) in [6, 6.07) is 0. The molecule has 0 rings (SSSR count). The van der Waals surface area contributed by atoms with E-state index < -0.39 is 13.9 Å². The lowest BCUT2D eigenvalue weighted by Crippen LogP contribution is -2.37. The van der Waals surface area contributed by atoms with Crippen molar-refractivity contribution < 1.29 is 37.3 Å². The maximum absolute atomic E-state index is 12.6. The number of carbonyl (C=O) groups is 1. The highest BCUT2D eigenvalue weighted by molar-refractivity contribution is 7.45. The van der Waals surface area contributed by atoms with Crippen LogP contribution >= 0.6 is 7.82 Å². The number of phosphoric acid groups is 1. The van der Waals surface area contributed by atoms with Crippen LogP contribution in [0, 0.1) is 0 Å². The Morgan fingerprint density at radius 2 is 0.965 bits per heavy atom. The molecule has 0 aromatic rings. The second kappa shape index (κ2) is 41.5. The Hall–Kier alpha value is -1.28. The summed E-state index contributed by atoms with van der Waals surface area (Å²) in [7, 11) is 1.36. The Kier molecular flexibility index (Phi) is 40.5. The molecule has 0 saturated heterocycles. The molecule has 0 aliphatic carbocycles. The van der Waals surface area contributed by atoms with Crippen molar-refractivity contribution in [2.75, 3.05) is 54.1 Å². The lowest BCUT2D eigenvalue weighted by atomic mass is 10.1. The molecule has 57 heavy (non-hydrogen) atoms. The maximum Gasteiger partial charge on any atom is 0.306 e. The zero-order valence-electron chi connectivity index (χ0n) is 38.0. The molecule has 0 aliphatic rings. The Morgan fingerprint density at radius 3 is 1.44 bits per heavy atom. The van der Waals surface area contributed by atoms with Gasteiger partial charge in [-0.15, -0.1) is 0 Å². The summed E-state index contributed by atoms with van der Waals surface area (Å²) >= 11 is 0. The number of rotatable bonds is 44. The van der Waals surface area contributed by atoms with E-state index in [0.717, 1.165) is 44.9 Å². The largest absolute Gasteiger partial charge is 0.756 e. The number of carbonyl (C=O) groups excluding carboxylic acids is 1. The van der Waals surface area contributed by atoms with Crippen molar-refractivity contribution in [2.24, 2.45) is 0 Å². The number of ether oxygens (including phenoxy) is 2.